The van der Waals surface area contributed by atoms with Gasteiger partial charge in [0.2, 0.25) is 0 Å². The first-order valence-electron chi connectivity index (χ1n) is 14.5. The third-order valence-corrected chi connectivity index (χ3v) is 8.40. The SMILES string of the molecule is CO[C@H]1O[C@H](CO[C@H]2O[C@H](CO)[C@@H](O[C@H]3O[C@H](CO)[C@@H](O)[C@H](O)[C@H]3O)[C@H](O)[C@H]2O)[C@@H](O[C@H]2O[C@H](CO)[C@@H](O)[C@H](O)[C@H]2O)[C@H](O)[C@H]1O. The first-order valence-corrected chi connectivity index (χ1v) is 14.5. The van der Waals surface area contributed by atoms with Crippen LogP contribution in [-0.4, -0.2) is 223 Å². The van der Waals surface area contributed by atoms with Crippen molar-refractivity contribution in [3.63, 3.8) is 0 Å². The first-order chi connectivity index (χ1) is 21.8. The highest BCUT2D eigenvalue weighted by atomic mass is 16.8. The first kappa shape index (κ1) is 38.0. The summed E-state index contributed by atoms with van der Waals surface area (Å²) in [6.45, 7) is -3.03. The van der Waals surface area contributed by atoms with Crippen molar-refractivity contribution >= 4 is 0 Å². The van der Waals surface area contributed by atoms with E-state index in [9.17, 15) is 66.4 Å². The van der Waals surface area contributed by atoms with Crippen molar-refractivity contribution in [2.75, 3.05) is 33.5 Å². The second kappa shape index (κ2) is 16.2. The minimum atomic E-state index is -1.92. The highest BCUT2D eigenvalue weighted by molar-refractivity contribution is 4.96. The van der Waals surface area contributed by atoms with Gasteiger partial charge in [0.1, 0.15) is 97.7 Å². The van der Waals surface area contributed by atoms with E-state index >= 15 is 0 Å². The summed E-state index contributed by atoms with van der Waals surface area (Å²) in [5.74, 6) is 0. The molecule has 4 fully saturated rings. The summed E-state index contributed by atoms with van der Waals surface area (Å²) in [5.41, 5.74) is 0. The van der Waals surface area contributed by atoms with Gasteiger partial charge in [0.15, 0.2) is 25.2 Å². The Hall–Kier alpha value is -0.840. The summed E-state index contributed by atoms with van der Waals surface area (Å²) in [4.78, 5) is 0. The zero-order valence-corrected chi connectivity index (χ0v) is 24.5. The molecule has 0 aliphatic carbocycles. The lowest BCUT2D eigenvalue weighted by Gasteiger charge is -2.47. The molecule has 21 heteroatoms. The molecule has 4 aliphatic heterocycles. The molecule has 46 heavy (non-hydrogen) atoms. The van der Waals surface area contributed by atoms with Gasteiger partial charge in [0.25, 0.3) is 0 Å². The Morgan fingerprint density at radius 2 is 0.783 bits per heavy atom. The molecule has 0 aromatic heterocycles. The lowest BCUT2D eigenvalue weighted by atomic mass is 9.96. The number of aliphatic hydroxyl groups excluding tert-OH is 13. The van der Waals surface area contributed by atoms with Gasteiger partial charge >= 0.3 is 0 Å². The Labute approximate surface area is 261 Å². The van der Waals surface area contributed by atoms with Gasteiger partial charge in [0, 0.05) is 7.11 Å². The lowest BCUT2D eigenvalue weighted by molar-refractivity contribution is -0.373. The fourth-order valence-electron chi connectivity index (χ4n) is 5.62. The summed E-state index contributed by atoms with van der Waals surface area (Å²) >= 11 is 0. The molecule has 4 saturated heterocycles. The fraction of sp³-hybridized carbons (Fsp3) is 1.00. The second-order valence-electron chi connectivity index (χ2n) is 11.4. The van der Waals surface area contributed by atoms with Crippen molar-refractivity contribution in [1.29, 1.82) is 0 Å². The average molecular weight is 681 g/mol. The highest BCUT2D eigenvalue weighted by Crippen LogP contribution is 2.32. The van der Waals surface area contributed by atoms with E-state index in [4.69, 9.17) is 37.9 Å². The van der Waals surface area contributed by atoms with Crippen molar-refractivity contribution in [1.82, 2.24) is 0 Å². The largest absolute Gasteiger partial charge is 0.394 e. The number of aliphatic hydroxyl groups is 13. The molecule has 0 saturated carbocycles. The van der Waals surface area contributed by atoms with E-state index in [1.807, 2.05) is 0 Å². The van der Waals surface area contributed by atoms with Crippen molar-refractivity contribution in [2.45, 2.75) is 123 Å². The van der Waals surface area contributed by atoms with Crippen LogP contribution in [0.1, 0.15) is 0 Å². The lowest BCUT2D eigenvalue weighted by Crippen LogP contribution is -2.66. The number of hydrogen-bond donors (Lipinski definition) is 13. The van der Waals surface area contributed by atoms with Gasteiger partial charge < -0.3 is 104 Å². The number of ether oxygens (including phenoxy) is 8. The fourth-order valence-corrected chi connectivity index (χ4v) is 5.62. The van der Waals surface area contributed by atoms with E-state index in [1.165, 1.54) is 0 Å². The second-order valence-corrected chi connectivity index (χ2v) is 11.4. The molecule has 270 valence electrons. The molecule has 21 nitrogen and oxygen atoms in total. The molecule has 0 aromatic carbocycles. The predicted octanol–water partition coefficient (Wildman–Crippen LogP) is -9.09. The maximum atomic E-state index is 10.9. The Morgan fingerprint density at radius 3 is 1.22 bits per heavy atom. The molecule has 0 amide bonds. The Morgan fingerprint density at radius 1 is 0.413 bits per heavy atom. The van der Waals surface area contributed by atoms with Gasteiger partial charge in [-0.25, -0.2) is 0 Å². The topological polar surface area (TPSA) is 337 Å². The molecule has 0 aromatic rings. The Kier molecular flexibility index (Phi) is 13.4. The van der Waals surface area contributed by atoms with Crippen molar-refractivity contribution in [3.8, 4) is 0 Å². The van der Waals surface area contributed by atoms with E-state index in [0.717, 1.165) is 7.11 Å². The maximum Gasteiger partial charge on any atom is 0.187 e. The molecule has 4 rings (SSSR count). The molecule has 0 bridgehead atoms. The zero-order valence-electron chi connectivity index (χ0n) is 24.5. The minimum Gasteiger partial charge on any atom is -0.394 e. The number of rotatable bonds is 11. The minimum absolute atomic E-state index is 0.642. The van der Waals surface area contributed by atoms with Crippen LogP contribution in [0.15, 0.2) is 0 Å². The van der Waals surface area contributed by atoms with Crippen LogP contribution in [0, 0.1) is 0 Å². The van der Waals surface area contributed by atoms with Crippen LogP contribution in [0.3, 0.4) is 0 Å². The van der Waals surface area contributed by atoms with E-state index in [0.29, 0.717) is 0 Å². The molecule has 4 aliphatic rings. The van der Waals surface area contributed by atoms with Gasteiger partial charge in [-0.05, 0) is 0 Å². The quantitative estimate of drug-likeness (QED) is 0.0963. The van der Waals surface area contributed by atoms with Crippen LogP contribution in [-0.2, 0) is 37.9 Å². The third kappa shape index (κ3) is 7.65. The Bertz CT molecular complexity index is 928. The zero-order chi connectivity index (χ0) is 34.0. The van der Waals surface area contributed by atoms with Crippen molar-refractivity contribution in [2.24, 2.45) is 0 Å². The molecule has 20 atom stereocenters. The van der Waals surface area contributed by atoms with Crippen LogP contribution < -0.4 is 0 Å². The average Bonchev–Trinajstić information content (AvgIpc) is 3.05. The molecule has 0 unspecified atom stereocenters. The van der Waals surface area contributed by atoms with Crippen molar-refractivity contribution < 1.29 is 104 Å². The number of methoxy groups -OCH3 is 1. The summed E-state index contributed by atoms with van der Waals surface area (Å²) in [6, 6.07) is 0. The van der Waals surface area contributed by atoms with Gasteiger partial charge in [0.05, 0.1) is 26.4 Å². The molecular weight excluding hydrogens is 636 g/mol. The van der Waals surface area contributed by atoms with Crippen LogP contribution in [0.25, 0.3) is 0 Å². The standard InChI is InChI=1S/C25H44O21/c1-39-22-18(37)14(33)21(46-25-17(36)13(32)11(30)7(3-27)42-25)9(44-22)5-40-23-19(38)15(34)20(8(4-28)43-23)45-24-16(35)12(31)10(29)6(2-26)41-24/h6-38H,2-5H2,1H3/t6-,7-,8-,9-,10-,11-,12+,13+,14-,15-,16-,17-,18-,19-,20-,21-,22+,23+,24-,25-/m1/s1. The highest BCUT2D eigenvalue weighted by Gasteiger charge is 2.53. The van der Waals surface area contributed by atoms with Crippen LogP contribution in [0.5, 0.6) is 0 Å². The molecule has 0 radical (unpaired) electrons. The number of hydrogen-bond acceptors (Lipinski definition) is 21. The van der Waals surface area contributed by atoms with Gasteiger partial charge in [-0.2, -0.15) is 0 Å². The van der Waals surface area contributed by atoms with Crippen LogP contribution in [0.4, 0.5) is 0 Å². The summed E-state index contributed by atoms with van der Waals surface area (Å²) in [7, 11) is 1.16. The normalized spacial score (nSPS) is 52.0. The summed E-state index contributed by atoms with van der Waals surface area (Å²) in [5, 5.41) is 133. The molecule has 13 N–H and O–H groups in total. The van der Waals surface area contributed by atoms with E-state index in [1.54, 1.807) is 0 Å². The van der Waals surface area contributed by atoms with Gasteiger partial charge in [-0.3, -0.25) is 0 Å². The van der Waals surface area contributed by atoms with Crippen LogP contribution >= 0.6 is 0 Å². The Balaban J connectivity index is 1.45. The summed E-state index contributed by atoms with van der Waals surface area (Å²) in [6.07, 6.45) is -33.6. The third-order valence-electron chi connectivity index (χ3n) is 8.40. The molecular formula is C25H44O21. The van der Waals surface area contributed by atoms with Crippen LogP contribution in [0.2, 0.25) is 0 Å². The van der Waals surface area contributed by atoms with E-state index < -0.39 is 149 Å². The predicted molar refractivity (Wildman–Crippen MR) is 139 cm³/mol. The maximum absolute atomic E-state index is 10.9. The van der Waals surface area contributed by atoms with Gasteiger partial charge in [-0.1, -0.05) is 0 Å². The van der Waals surface area contributed by atoms with Crippen molar-refractivity contribution in [3.05, 3.63) is 0 Å². The smallest absolute Gasteiger partial charge is 0.187 e. The van der Waals surface area contributed by atoms with E-state index in [2.05, 4.69) is 0 Å². The van der Waals surface area contributed by atoms with Gasteiger partial charge in [-0.15, -0.1) is 0 Å². The molecule has 0 spiro atoms. The summed E-state index contributed by atoms with van der Waals surface area (Å²) < 4.78 is 43.5. The van der Waals surface area contributed by atoms with E-state index in [-0.39, 0.29) is 0 Å². The monoisotopic (exact) mass is 680 g/mol. The molecule has 4 heterocycles.